The second-order valence-electron chi connectivity index (χ2n) is 7.21. The van der Waals surface area contributed by atoms with Gasteiger partial charge in [0, 0.05) is 31.1 Å². The molecular weight excluding hydrogens is 440 g/mol. The highest BCUT2D eigenvalue weighted by Gasteiger charge is 2.26. The third-order valence-electron chi connectivity index (χ3n) is 5.07. The number of hydrogen-bond donors (Lipinski definition) is 1. The van der Waals surface area contributed by atoms with Crippen LogP contribution in [0.3, 0.4) is 0 Å². The van der Waals surface area contributed by atoms with E-state index < -0.39 is 15.9 Å². The quantitative estimate of drug-likeness (QED) is 0.625. The summed E-state index contributed by atoms with van der Waals surface area (Å²) in [5.74, 6) is 0.680. The Morgan fingerprint density at radius 3 is 2.58 bits per heavy atom. The van der Waals surface area contributed by atoms with Crippen LogP contribution >= 0.6 is 11.6 Å². The molecule has 0 aromatic heterocycles. The zero-order chi connectivity index (χ0) is 22.8. The maximum absolute atomic E-state index is 13.0. The van der Waals surface area contributed by atoms with Gasteiger partial charge in [0.1, 0.15) is 17.6 Å². The van der Waals surface area contributed by atoms with Crippen molar-refractivity contribution < 1.29 is 22.7 Å². The van der Waals surface area contributed by atoms with E-state index in [1.807, 2.05) is 19.9 Å². The predicted octanol–water partition coefficient (Wildman–Crippen LogP) is 4.34. The topological polar surface area (TPSA) is 84.9 Å². The molecule has 0 aliphatic carbocycles. The molecule has 1 amide bonds. The first-order valence-corrected chi connectivity index (χ1v) is 12.1. The number of nitrogens with zero attached hydrogens (tertiary/aromatic N) is 1. The van der Waals surface area contributed by atoms with Crippen LogP contribution in [0.4, 0.5) is 5.69 Å². The van der Waals surface area contributed by atoms with Crippen molar-refractivity contribution in [1.82, 2.24) is 4.31 Å². The van der Waals surface area contributed by atoms with Crippen molar-refractivity contribution >= 4 is 33.2 Å². The van der Waals surface area contributed by atoms with Gasteiger partial charge in [-0.05, 0) is 38.1 Å². The first-order valence-electron chi connectivity index (χ1n) is 10.3. The minimum Gasteiger partial charge on any atom is -0.492 e. The molecule has 0 saturated heterocycles. The summed E-state index contributed by atoms with van der Waals surface area (Å²) in [4.78, 5) is 13.1. The standard InChI is InChI=1S/C22H27ClN2O5S/c1-5-25(6-2)31(27,28)16-8-9-18(23)17(12-16)22(26)24-19-13-20-15(10-14(4)30-20)11-21(19)29-7-3/h8-9,11-14H,5-7,10H2,1-4H3,(H,24,26)/t14-/m0/s1. The number of anilines is 1. The molecule has 0 fully saturated rings. The Labute approximate surface area is 188 Å². The van der Waals surface area contributed by atoms with E-state index in [9.17, 15) is 13.2 Å². The fraction of sp³-hybridized carbons (Fsp3) is 0.409. The van der Waals surface area contributed by atoms with Crippen molar-refractivity contribution in [3.8, 4) is 11.5 Å². The molecule has 0 bridgehead atoms. The minimum atomic E-state index is -3.73. The molecule has 0 unspecified atom stereocenters. The van der Waals surface area contributed by atoms with E-state index in [-0.39, 0.29) is 21.6 Å². The number of nitrogens with one attached hydrogen (secondary N) is 1. The summed E-state index contributed by atoms with van der Waals surface area (Å²) in [5, 5.41) is 2.95. The maximum atomic E-state index is 13.0. The number of hydrogen-bond acceptors (Lipinski definition) is 5. The Morgan fingerprint density at radius 2 is 1.94 bits per heavy atom. The predicted molar refractivity (Wildman–Crippen MR) is 121 cm³/mol. The first-order chi connectivity index (χ1) is 14.7. The van der Waals surface area contributed by atoms with Crippen LogP contribution in [0, 0.1) is 0 Å². The molecule has 0 spiro atoms. The average Bonchev–Trinajstić information content (AvgIpc) is 3.08. The lowest BCUT2D eigenvalue weighted by Crippen LogP contribution is -2.30. The second kappa shape index (κ2) is 9.46. The van der Waals surface area contributed by atoms with Gasteiger partial charge in [0.05, 0.1) is 27.8 Å². The van der Waals surface area contributed by atoms with Crippen LogP contribution in [0.1, 0.15) is 43.6 Å². The van der Waals surface area contributed by atoms with Crippen LogP contribution in [0.15, 0.2) is 35.2 Å². The zero-order valence-electron chi connectivity index (χ0n) is 18.1. The number of carbonyl (C=O) groups excluding carboxylic acids is 1. The summed E-state index contributed by atoms with van der Waals surface area (Å²) in [7, 11) is -3.73. The van der Waals surface area contributed by atoms with Crippen LogP contribution in [0.5, 0.6) is 11.5 Å². The Kier molecular flexibility index (Phi) is 7.13. The molecule has 9 heteroatoms. The van der Waals surface area contributed by atoms with Crippen LogP contribution in [0.25, 0.3) is 0 Å². The Balaban J connectivity index is 1.95. The number of sulfonamides is 1. The molecule has 1 heterocycles. The summed E-state index contributed by atoms with van der Waals surface area (Å²) in [6, 6.07) is 7.72. The van der Waals surface area contributed by atoms with Crippen LogP contribution < -0.4 is 14.8 Å². The van der Waals surface area contributed by atoms with Crippen molar-refractivity contribution in [2.75, 3.05) is 25.0 Å². The van der Waals surface area contributed by atoms with Gasteiger partial charge in [-0.1, -0.05) is 25.4 Å². The Hall–Kier alpha value is -2.29. The van der Waals surface area contributed by atoms with Gasteiger partial charge in [-0.25, -0.2) is 8.42 Å². The van der Waals surface area contributed by atoms with E-state index in [0.717, 1.165) is 12.0 Å². The van der Waals surface area contributed by atoms with E-state index in [1.54, 1.807) is 19.9 Å². The molecule has 2 aromatic carbocycles. The summed E-state index contributed by atoms with van der Waals surface area (Å²) in [6.07, 6.45) is 0.813. The van der Waals surface area contributed by atoms with Gasteiger partial charge < -0.3 is 14.8 Å². The molecule has 0 radical (unpaired) electrons. The molecular formula is C22H27ClN2O5S. The van der Waals surface area contributed by atoms with E-state index >= 15 is 0 Å². The van der Waals surface area contributed by atoms with Crippen molar-refractivity contribution in [2.45, 2.75) is 45.1 Å². The number of ether oxygens (including phenoxy) is 2. The molecule has 1 N–H and O–H groups in total. The number of benzene rings is 2. The lowest BCUT2D eigenvalue weighted by Gasteiger charge is -2.19. The third kappa shape index (κ3) is 4.81. The monoisotopic (exact) mass is 466 g/mol. The summed E-state index contributed by atoms with van der Waals surface area (Å²) in [6.45, 7) is 8.43. The van der Waals surface area contributed by atoms with Gasteiger partial charge in [0.15, 0.2) is 0 Å². The molecule has 0 saturated carbocycles. The highest BCUT2D eigenvalue weighted by molar-refractivity contribution is 7.89. The number of rotatable bonds is 8. The molecule has 3 rings (SSSR count). The number of fused-ring (bicyclic) bond motifs is 1. The lowest BCUT2D eigenvalue weighted by molar-refractivity contribution is 0.102. The maximum Gasteiger partial charge on any atom is 0.257 e. The number of amides is 1. The third-order valence-corrected chi connectivity index (χ3v) is 7.45. The van der Waals surface area contributed by atoms with E-state index in [4.69, 9.17) is 21.1 Å². The molecule has 1 aliphatic rings. The number of halogens is 1. The van der Waals surface area contributed by atoms with Crippen molar-refractivity contribution in [1.29, 1.82) is 0 Å². The molecule has 1 atom stereocenters. The highest BCUT2D eigenvalue weighted by atomic mass is 35.5. The van der Waals surface area contributed by atoms with Crippen molar-refractivity contribution in [3.63, 3.8) is 0 Å². The van der Waals surface area contributed by atoms with E-state index in [1.165, 1.54) is 22.5 Å². The molecule has 1 aliphatic heterocycles. The van der Waals surface area contributed by atoms with Crippen molar-refractivity contribution in [3.05, 3.63) is 46.5 Å². The van der Waals surface area contributed by atoms with E-state index in [0.29, 0.717) is 36.9 Å². The molecule has 2 aromatic rings. The van der Waals surface area contributed by atoms with Gasteiger partial charge in [-0.3, -0.25) is 4.79 Å². The van der Waals surface area contributed by atoms with Crippen LogP contribution in [-0.2, 0) is 16.4 Å². The summed E-state index contributed by atoms with van der Waals surface area (Å²) < 4.78 is 38.5. The molecule has 168 valence electrons. The molecule has 31 heavy (non-hydrogen) atoms. The highest BCUT2D eigenvalue weighted by Crippen LogP contribution is 2.38. The van der Waals surface area contributed by atoms with Gasteiger partial charge in [0.25, 0.3) is 5.91 Å². The first kappa shape index (κ1) is 23.4. The SMILES string of the molecule is CCOc1cc2c(cc1NC(=O)c1cc(S(=O)(=O)N(CC)CC)ccc1Cl)O[C@@H](C)C2. The normalized spacial score (nSPS) is 15.5. The van der Waals surface area contributed by atoms with Gasteiger partial charge in [-0.2, -0.15) is 4.31 Å². The second-order valence-corrected chi connectivity index (χ2v) is 9.55. The van der Waals surface area contributed by atoms with Gasteiger partial charge >= 0.3 is 0 Å². The average molecular weight is 467 g/mol. The fourth-order valence-electron chi connectivity index (χ4n) is 3.55. The lowest BCUT2D eigenvalue weighted by atomic mass is 10.1. The molecule has 7 nitrogen and oxygen atoms in total. The zero-order valence-corrected chi connectivity index (χ0v) is 19.6. The summed E-state index contributed by atoms with van der Waals surface area (Å²) >= 11 is 6.24. The Morgan fingerprint density at radius 1 is 1.23 bits per heavy atom. The van der Waals surface area contributed by atoms with Crippen LogP contribution in [-0.4, -0.2) is 44.4 Å². The fourth-order valence-corrected chi connectivity index (χ4v) is 5.24. The smallest absolute Gasteiger partial charge is 0.257 e. The summed E-state index contributed by atoms with van der Waals surface area (Å²) in [5.41, 5.74) is 1.51. The van der Waals surface area contributed by atoms with Crippen LogP contribution in [0.2, 0.25) is 5.02 Å². The van der Waals surface area contributed by atoms with Gasteiger partial charge in [0.2, 0.25) is 10.0 Å². The van der Waals surface area contributed by atoms with Gasteiger partial charge in [-0.15, -0.1) is 0 Å². The van der Waals surface area contributed by atoms with Crippen molar-refractivity contribution in [2.24, 2.45) is 0 Å². The number of carbonyl (C=O) groups is 1. The minimum absolute atomic E-state index is 0.0156. The largest absolute Gasteiger partial charge is 0.492 e. The van der Waals surface area contributed by atoms with E-state index in [2.05, 4.69) is 5.32 Å². The Bertz CT molecular complexity index is 1080.